The van der Waals surface area contributed by atoms with Crippen molar-refractivity contribution in [1.29, 1.82) is 0 Å². The highest BCUT2D eigenvalue weighted by molar-refractivity contribution is 5.46. The zero-order valence-corrected chi connectivity index (χ0v) is 5.92. The molecule has 0 bridgehead atoms. The van der Waals surface area contributed by atoms with Gasteiger partial charge in [0.05, 0.1) is 6.04 Å². The molecule has 1 aliphatic rings. The van der Waals surface area contributed by atoms with E-state index in [1.165, 1.54) is 5.01 Å². The summed E-state index contributed by atoms with van der Waals surface area (Å²) in [7, 11) is 0. The van der Waals surface area contributed by atoms with Crippen LogP contribution in [-0.2, 0) is 4.79 Å². The standard InChI is InChI=1S/C6H13N3O/c7-9(5-10)6-2-1-3-8-4-6/h5-6,8H,1-4,7H2/t6-/m1/s1. The van der Waals surface area contributed by atoms with Gasteiger partial charge >= 0.3 is 0 Å². The highest BCUT2D eigenvalue weighted by Crippen LogP contribution is 2.04. The number of hydrogen-bond donors (Lipinski definition) is 2. The lowest BCUT2D eigenvalue weighted by atomic mass is 10.1. The molecule has 0 aromatic rings. The molecule has 0 saturated carbocycles. The molecule has 0 aromatic carbocycles. The van der Waals surface area contributed by atoms with Gasteiger partial charge in [0.15, 0.2) is 0 Å². The van der Waals surface area contributed by atoms with Crippen LogP contribution in [0.5, 0.6) is 0 Å². The molecule has 1 heterocycles. The number of amides is 1. The Balaban J connectivity index is 2.30. The van der Waals surface area contributed by atoms with Crippen molar-refractivity contribution in [1.82, 2.24) is 10.3 Å². The van der Waals surface area contributed by atoms with E-state index in [4.69, 9.17) is 5.84 Å². The second kappa shape index (κ2) is 3.53. The molecule has 0 aromatic heterocycles. The molecule has 1 amide bonds. The minimum absolute atomic E-state index is 0.200. The molecule has 10 heavy (non-hydrogen) atoms. The number of carbonyl (C=O) groups excluding carboxylic acids is 1. The molecule has 0 spiro atoms. The lowest BCUT2D eigenvalue weighted by Gasteiger charge is -2.27. The molecule has 1 rings (SSSR count). The van der Waals surface area contributed by atoms with E-state index in [0.717, 1.165) is 25.9 Å². The quantitative estimate of drug-likeness (QED) is 0.227. The normalized spacial score (nSPS) is 25.9. The van der Waals surface area contributed by atoms with Crippen LogP contribution in [0.4, 0.5) is 0 Å². The van der Waals surface area contributed by atoms with E-state index >= 15 is 0 Å². The lowest BCUT2D eigenvalue weighted by molar-refractivity contribution is -0.120. The third kappa shape index (κ3) is 1.68. The van der Waals surface area contributed by atoms with Gasteiger partial charge in [-0.15, -0.1) is 0 Å². The van der Waals surface area contributed by atoms with Gasteiger partial charge in [-0.2, -0.15) is 0 Å². The highest BCUT2D eigenvalue weighted by atomic mass is 16.1. The number of nitrogens with two attached hydrogens (primary N) is 1. The van der Waals surface area contributed by atoms with Crippen molar-refractivity contribution in [3.8, 4) is 0 Å². The Morgan fingerprint density at radius 1 is 1.70 bits per heavy atom. The number of hydrazine groups is 1. The smallest absolute Gasteiger partial charge is 0.223 e. The van der Waals surface area contributed by atoms with Gasteiger partial charge < -0.3 is 5.32 Å². The number of nitrogens with one attached hydrogen (secondary N) is 1. The number of hydrogen-bond acceptors (Lipinski definition) is 3. The highest BCUT2D eigenvalue weighted by Gasteiger charge is 2.16. The van der Waals surface area contributed by atoms with Crippen LogP contribution in [0.2, 0.25) is 0 Å². The van der Waals surface area contributed by atoms with Gasteiger partial charge in [-0.3, -0.25) is 9.80 Å². The van der Waals surface area contributed by atoms with Gasteiger partial charge in [0, 0.05) is 6.54 Å². The zero-order valence-electron chi connectivity index (χ0n) is 5.92. The fourth-order valence-electron chi connectivity index (χ4n) is 1.17. The van der Waals surface area contributed by atoms with E-state index < -0.39 is 0 Å². The maximum atomic E-state index is 10.2. The second-order valence-corrected chi connectivity index (χ2v) is 2.55. The van der Waals surface area contributed by atoms with Crippen LogP contribution in [0.1, 0.15) is 12.8 Å². The van der Waals surface area contributed by atoms with Gasteiger partial charge in [-0.1, -0.05) is 0 Å². The first-order valence-corrected chi connectivity index (χ1v) is 3.53. The molecule has 4 nitrogen and oxygen atoms in total. The van der Waals surface area contributed by atoms with Crippen LogP contribution in [0, 0.1) is 0 Å². The first-order valence-electron chi connectivity index (χ1n) is 3.53. The summed E-state index contributed by atoms with van der Waals surface area (Å²) in [5, 5.41) is 4.41. The van der Waals surface area contributed by atoms with Crippen molar-refractivity contribution in [2.75, 3.05) is 13.1 Å². The topological polar surface area (TPSA) is 58.4 Å². The number of piperidine rings is 1. The average Bonchev–Trinajstić information content (AvgIpc) is 2.05. The third-order valence-electron chi connectivity index (χ3n) is 1.81. The monoisotopic (exact) mass is 143 g/mol. The fourth-order valence-corrected chi connectivity index (χ4v) is 1.17. The maximum absolute atomic E-state index is 10.2. The molecule has 1 aliphatic heterocycles. The maximum Gasteiger partial charge on any atom is 0.223 e. The van der Waals surface area contributed by atoms with E-state index in [9.17, 15) is 4.79 Å². The van der Waals surface area contributed by atoms with Crippen molar-refractivity contribution >= 4 is 6.41 Å². The Morgan fingerprint density at radius 2 is 2.50 bits per heavy atom. The summed E-state index contributed by atoms with van der Waals surface area (Å²) in [6.07, 6.45) is 2.80. The molecule has 0 unspecified atom stereocenters. The summed E-state index contributed by atoms with van der Waals surface area (Å²) in [4.78, 5) is 10.2. The summed E-state index contributed by atoms with van der Waals surface area (Å²) in [6, 6.07) is 0.200. The van der Waals surface area contributed by atoms with Gasteiger partial charge in [0.25, 0.3) is 0 Å². The van der Waals surface area contributed by atoms with Crippen LogP contribution in [0.15, 0.2) is 0 Å². The van der Waals surface area contributed by atoms with E-state index in [0.29, 0.717) is 6.41 Å². The largest absolute Gasteiger partial charge is 0.315 e. The van der Waals surface area contributed by atoms with Crippen LogP contribution in [0.3, 0.4) is 0 Å². The lowest BCUT2D eigenvalue weighted by Crippen LogP contribution is -2.48. The summed E-state index contributed by atoms with van der Waals surface area (Å²) >= 11 is 0. The SMILES string of the molecule is NN(C=O)[C@@H]1CCCNC1. The fraction of sp³-hybridized carbons (Fsp3) is 0.833. The van der Waals surface area contributed by atoms with Crippen molar-refractivity contribution in [3.63, 3.8) is 0 Å². The molecular formula is C6H13N3O. The Labute approximate surface area is 60.3 Å². The third-order valence-corrected chi connectivity index (χ3v) is 1.81. The van der Waals surface area contributed by atoms with Crippen LogP contribution in [0.25, 0.3) is 0 Å². The molecule has 1 fully saturated rings. The van der Waals surface area contributed by atoms with Crippen molar-refractivity contribution in [2.45, 2.75) is 18.9 Å². The predicted molar refractivity (Wildman–Crippen MR) is 38.0 cm³/mol. The first kappa shape index (κ1) is 7.50. The molecular weight excluding hydrogens is 130 g/mol. The molecule has 1 saturated heterocycles. The van der Waals surface area contributed by atoms with Gasteiger partial charge in [0.1, 0.15) is 0 Å². The van der Waals surface area contributed by atoms with Gasteiger partial charge in [-0.05, 0) is 19.4 Å². The number of rotatable bonds is 2. The van der Waals surface area contributed by atoms with E-state index in [1.54, 1.807) is 0 Å². The predicted octanol–water partition coefficient (Wildman–Crippen LogP) is -0.929. The Hall–Kier alpha value is -0.610. The summed E-state index contributed by atoms with van der Waals surface area (Å²) < 4.78 is 0. The number of carbonyl (C=O) groups is 1. The van der Waals surface area contributed by atoms with Gasteiger partial charge in [-0.25, -0.2) is 5.84 Å². The minimum atomic E-state index is 0.200. The first-order chi connectivity index (χ1) is 4.84. The van der Waals surface area contributed by atoms with Crippen molar-refractivity contribution < 1.29 is 4.79 Å². The van der Waals surface area contributed by atoms with E-state index in [-0.39, 0.29) is 6.04 Å². The molecule has 0 aliphatic carbocycles. The van der Waals surface area contributed by atoms with Crippen LogP contribution < -0.4 is 11.2 Å². The zero-order chi connectivity index (χ0) is 7.40. The van der Waals surface area contributed by atoms with E-state index in [1.807, 2.05) is 0 Å². The molecule has 58 valence electrons. The Kier molecular flexibility index (Phi) is 2.65. The van der Waals surface area contributed by atoms with Gasteiger partial charge in [0.2, 0.25) is 6.41 Å². The summed E-state index contributed by atoms with van der Waals surface area (Å²) in [5.41, 5.74) is 0. The number of nitrogens with zero attached hydrogens (tertiary/aromatic N) is 1. The minimum Gasteiger partial charge on any atom is -0.315 e. The van der Waals surface area contributed by atoms with Crippen LogP contribution in [-0.4, -0.2) is 30.6 Å². The van der Waals surface area contributed by atoms with E-state index in [2.05, 4.69) is 5.32 Å². The molecule has 0 radical (unpaired) electrons. The average molecular weight is 143 g/mol. The van der Waals surface area contributed by atoms with Crippen molar-refractivity contribution in [3.05, 3.63) is 0 Å². The van der Waals surface area contributed by atoms with Crippen LogP contribution >= 0.6 is 0 Å². The Bertz CT molecular complexity index is 112. The summed E-state index contributed by atoms with van der Waals surface area (Å²) in [5.74, 6) is 5.37. The molecule has 4 heteroatoms. The molecule has 3 N–H and O–H groups in total. The second-order valence-electron chi connectivity index (χ2n) is 2.55. The molecule has 1 atom stereocenters. The Morgan fingerprint density at radius 3 is 3.00 bits per heavy atom. The van der Waals surface area contributed by atoms with Crippen molar-refractivity contribution in [2.24, 2.45) is 5.84 Å². The summed E-state index contributed by atoms with van der Waals surface area (Å²) in [6.45, 7) is 1.87.